The Morgan fingerprint density at radius 2 is 1.94 bits per heavy atom. The van der Waals surface area contributed by atoms with Crippen molar-refractivity contribution in [2.24, 2.45) is 0 Å². The molecular formula is C13H16F2N2. The zero-order chi connectivity index (χ0) is 12.3. The second kappa shape index (κ2) is 5.38. The van der Waals surface area contributed by atoms with Crippen molar-refractivity contribution in [2.75, 3.05) is 26.2 Å². The molecule has 0 saturated carbocycles. The molecule has 1 aliphatic rings. The van der Waals surface area contributed by atoms with Crippen molar-refractivity contribution in [3.8, 4) is 0 Å². The van der Waals surface area contributed by atoms with Gasteiger partial charge < -0.3 is 5.32 Å². The minimum absolute atomic E-state index is 0.0489. The molecule has 92 valence electrons. The molecule has 1 aromatic rings. The third kappa shape index (κ3) is 2.70. The Morgan fingerprint density at radius 1 is 1.24 bits per heavy atom. The van der Waals surface area contributed by atoms with Crippen LogP contribution in [0.15, 0.2) is 30.9 Å². The lowest BCUT2D eigenvalue weighted by molar-refractivity contribution is 0.203. The molecule has 17 heavy (non-hydrogen) atoms. The summed E-state index contributed by atoms with van der Waals surface area (Å²) in [7, 11) is 0. The molecule has 1 aliphatic heterocycles. The van der Waals surface area contributed by atoms with Crippen molar-refractivity contribution in [2.45, 2.75) is 6.04 Å². The van der Waals surface area contributed by atoms with E-state index in [1.54, 1.807) is 12.1 Å². The van der Waals surface area contributed by atoms with Gasteiger partial charge in [-0.15, -0.1) is 6.58 Å². The fourth-order valence-corrected chi connectivity index (χ4v) is 2.15. The zero-order valence-corrected chi connectivity index (χ0v) is 9.63. The van der Waals surface area contributed by atoms with Gasteiger partial charge in [-0.3, -0.25) is 4.90 Å². The Balaban J connectivity index is 2.21. The average molecular weight is 238 g/mol. The van der Waals surface area contributed by atoms with Gasteiger partial charge in [0.1, 0.15) is 0 Å². The number of nitrogens with zero attached hydrogens (tertiary/aromatic N) is 1. The smallest absolute Gasteiger partial charge is 0.159 e. The van der Waals surface area contributed by atoms with Gasteiger partial charge in [-0.25, -0.2) is 8.78 Å². The second-order valence-corrected chi connectivity index (χ2v) is 4.14. The van der Waals surface area contributed by atoms with Gasteiger partial charge >= 0.3 is 0 Å². The lowest BCUT2D eigenvalue weighted by Gasteiger charge is -2.33. The van der Waals surface area contributed by atoms with Gasteiger partial charge in [0.2, 0.25) is 0 Å². The van der Waals surface area contributed by atoms with E-state index in [9.17, 15) is 8.78 Å². The Morgan fingerprint density at radius 3 is 2.53 bits per heavy atom. The third-order valence-corrected chi connectivity index (χ3v) is 3.05. The summed E-state index contributed by atoms with van der Waals surface area (Å²) >= 11 is 0. The fraction of sp³-hybridized carbons (Fsp3) is 0.385. The summed E-state index contributed by atoms with van der Waals surface area (Å²) in [6.45, 7) is 7.38. The summed E-state index contributed by atoms with van der Waals surface area (Å²) in [6, 6.07) is 3.99. The monoisotopic (exact) mass is 238 g/mol. The maximum atomic E-state index is 13.2. The van der Waals surface area contributed by atoms with Crippen molar-refractivity contribution < 1.29 is 8.78 Å². The first kappa shape index (κ1) is 12.2. The molecule has 1 heterocycles. The molecule has 1 aromatic carbocycles. The quantitative estimate of drug-likeness (QED) is 0.811. The van der Waals surface area contributed by atoms with E-state index in [0.717, 1.165) is 31.7 Å². The van der Waals surface area contributed by atoms with Crippen LogP contribution in [0.2, 0.25) is 0 Å². The highest BCUT2D eigenvalue weighted by molar-refractivity contribution is 5.24. The lowest BCUT2D eigenvalue weighted by atomic mass is 10.0. The largest absolute Gasteiger partial charge is 0.314 e. The van der Waals surface area contributed by atoms with E-state index in [2.05, 4.69) is 16.8 Å². The van der Waals surface area contributed by atoms with E-state index in [-0.39, 0.29) is 6.04 Å². The van der Waals surface area contributed by atoms with E-state index < -0.39 is 11.6 Å². The molecule has 1 N–H and O–H groups in total. The number of hydrogen-bond donors (Lipinski definition) is 1. The maximum Gasteiger partial charge on any atom is 0.159 e. The Bertz CT molecular complexity index is 400. The Kier molecular flexibility index (Phi) is 3.86. The van der Waals surface area contributed by atoms with Gasteiger partial charge in [-0.1, -0.05) is 12.1 Å². The first-order valence-electron chi connectivity index (χ1n) is 5.74. The molecule has 0 aromatic heterocycles. The molecule has 2 rings (SSSR count). The van der Waals surface area contributed by atoms with Crippen LogP contribution in [0, 0.1) is 11.6 Å². The van der Waals surface area contributed by atoms with Gasteiger partial charge in [-0.05, 0) is 17.7 Å². The van der Waals surface area contributed by atoms with E-state index in [0.29, 0.717) is 0 Å². The predicted octanol–water partition coefficient (Wildman–Crippen LogP) is 2.10. The lowest BCUT2D eigenvalue weighted by Crippen LogP contribution is -2.44. The summed E-state index contributed by atoms with van der Waals surface area (Å²) in [6.07, 6.45) is 1.78. The SMILES string of the molecule is C=C[C@@H](c1ccc(F)c(F)c1)N1CCNCC1. The van der Waals surface area contributed by atoms with Gasteiger partial charge in [-0.2, -0.15) is 0 Å². The molecule has 0 amide bonds. The highest BCUT2D eigenvalue weighted by Gasteiger charge is 2.20. The number of benzene rings is 1. The van der Waals surface area contributed by atoms with Crippen molar-refractivity contribution in [1.82, 2.24) is 10.2 Å². The summed E-state index contributed by atoms with van der Waals surface area (Å²) in [5.74, 6) is -1.61. The number of halogens is 2. The third-order valence-electron chi connectivity index (χ3n) is 3.05. The minimum Gasteiger partial charge on any atom is -0.314 e. The van der Waals surface area contributed by atoms with Gasteiger partial charge in [0.25, 0.3) is 0 Å². The molecule has 0 aliphatic carbocycles. The van der Waals surface area contributed by atoms with Crippen molar-refractivity contribution in [3.05, 3.63) is 48.1 Å². The number of hydrogen-bond acceptors (Lipinski definition) is 2. The molecule has 0 spiro atoms. The predicted molar refractivity (Wildman–Crippen MR) is 63.7 cm³/mol. The van der Waals surface area contributed by atoms with Crippen LogP contribution < -0.4 is 5.32 Å². The van der Waals surface area contributed by atoms with Gasteiger partial charge in [0.05, 0.1) is 6.04 Å². The molecule has 4 heteroatoms. The first-order valence-corrected chi connectivity index (χ1v) is 5.74. The Labute approximate surface area is 99.9 Å². The molecule has 0 bridgehead atoms. The van der Waals surface area contributed by atoms with Crippen molar-refractivity contribution in [3.63, 3.8) is 0 Å². The summed E-state index contributed by atoms with van der Waals surface area (Å²) in [5, 5.41) is 3.26. The highest BCUT2D eigenvalue weighted by atomic mass is 19.2. The number of piperazine rings is 1. The van der Waals surface area contributed by atoms with Crippen molar-refractivity contribution in [1.29, 1.82) is 0 Å². The molecule has 1 atom stereocenters. The van der Waals surface area contributed by atoms with Crippen LogP contribution in [-0.2, 0) is 0 Å². The van der Waals surface area contributed by atoms with Gasteiger partial charge in [0.15, 0.2) is 11.6 Å². The molecular weight excluding hydrogens is 222 g/mol. The van der Waals surface area contributed by atoms with Crippen molar-refractivity contribution >= 4 is 0 Å². The molecule has 1 fully saturated rings. The first-order chi connectivity index (χ1) is 8.22. The average Bonchev–Trinajstić information content (AvgIpc) is 2.36. The van der Waals surface area contributed by atoms with E-state index in [1.807, 2.05) is 0 Å². The van der Waals surface area contributed by atoms with Crippen LogP contribution in [-0.4, -0.2) is 31.1 Å². The van der Waals surface area contributed by atoms with Crippen LogP contribution in [0.3, 0.4) is 0 Å². The Hall–Kier alpha value is -1.26. The van der Waals surface area contributed by atoms with Crippen LogP contribution >= 0.6 is 0 Å². The zero-order valence-electron chi connectivity index (χ0n) is 9.63. The summed E-state index contributed by atoms with van der Waals surface area (Å²) in [4.78, 5) is 2.20. The molecule has 0 unspecified atom stereocenters. The maximum absolute atomic E-state index is 13.2. The minimum atomic E-state index is -0.808. The number of rotatable bonds is 3. The number of nitrogens with one attached hydrogen (secondary N) is 1. The summed E-state index contributed by atoms with van der Waals surface area (Å²) in [5.41, 5.74) is 0.751. The van der Waals surface area contributed by atoms with Crippen LogP contribution in [0.5, 0.6) is 0 Å². The van der Waals surface area contributed by atoms with E-state index in [1.165, 1.54) is 12.1 Å². The standard InChI is InChI=1S/C13H16F2N2/c1-2-13(17-7-5-16-6-8-17)10-3-4-11(14)12(15)9-10/h2-4,9,13,16H,1,5-8H2/t13-/m0/s1. The summed E-state index contributed by atoms with van der Waals surface area (Å²) < 4.78 is 26.1. The topological polar surface area (TPSA) is 15.3 Å². The van der Waals surface area contributed by atoms with Crippen LogP contribution in [0.25, 0.3) is 0 Å². The molecule has 0 radical (unpaired) electrons. The van der Waals surface area contributed by atoms with Crippen LogP contribution in [0.4, 0.5) is 8.78 Å². The van der Waals surface area contributed by atoms with Gasteiger partial charge in [0, 0.05) is 26.2 Å². The molecule has 1 saturated heterocycles. The normalized spacial score (nSPS) is 18.9. The van der Waals surface area contributed by atoms with Crippen LogP contribution in [0.1, 0.15) is 11.6 Å². The highest BCUT2D eigenvalue weighted by Crippen LogP contribution is 2.23. The fourth-order valence-electron chi connectivity index (χ4n) is 2.15. The van der Waals surface area contributed by atoms with E-state index >= 15 is 0 Å². The van der Waals surface area contributed by atoms with E-state index in [4.69, 9.17) is 0 Å². The molecule has 2 nitrogen and oxygen atoms in total. The second-order valence-electron chi connectivity index (χ2n) is 4.14.